The van der Waals surface area contributed by atoms with Crippen molar-refractivity contribution in [2.75, 3.05) is 0 Å². The monoisotopic (exact) mass is 246 g/mol. The van der Waals surface area contributed by atoms with Crippen molar-refractivity contribution in [2.45, 2.75) is 19.8 Å². The summed E-state index contributed by atoms with van der Waals surface area (Å²) in [7, 11) is 1.97. The summed E-state index contributed by atoms with van der Waals surface area (Å²) < 4.78 is 3.19. The summed E-state index contributed by atoms with van der Waals surface area (Å²) in [6, 6.07) is 6.31. The number of rotatable bonds is 1. The van der Waals surface area contributed by atoms with Crippen LogP contribution < -0.4 is 4.80 Å². The third-order valence-electron chi connectivity index (χ3n) is 3.10. The van der Waals surface area contributed by atoms with E-state index < -0.39 is 0 Å². The van der Waals surface area contributed by atoms with Crippen molar-refractivity contribution >= 4 is 27.5 Å². The van der Waals surface area contributed by atoms with Gasteiger partial charge in [-0.05, 0) is 37.5 Å². The molecule has 0 unspecified atom stereocenters. The molecular weight excluding hydrogens is 232 g/mol. The molecule has 1 fully saturated rings. The molecule has 3 rings (SSSR count). The molecule has 1 amide bonds. The second-order valence-electron chi connectivity index (χ2n) is 4.64. The number of carbonyl (C=O) groups excluding carboxylic acids is 1. The lowest BCUT2D eigenvalue weighted by Crippen LogP contribution is -2.13. The van der Waals surface area contributed by atoms with Gasteiger partial charge in [-0.1, -0.05) is 17.4 Å². The van der Waals surface area contributed by atoms with Crippen molar-refractivity contribution in [3.05, 3.63) is 28.6 Å². The summed E-state index contributed by atoms with van der Waals surface area (Å²) in [6.45, 7) is 2.07. The summed E-state index contributed by atoms with van der Waals surface area (Å²) in [5, 5.41) is 0. The van der Waals surface area contributed by atoms with Gasteiger partial charge in [0.05, 0.1) is 10.2 Å². The zero-order chi connectivity index (χ0) is 12.0. The average Bonchev–Trinajstić information content (AvgIpc) is 3.07. The Kier molecular flexibility index (Phi) is 2.40. The van der Waals surface area contributed by atoms with Crippen molar-refractivity contribution < 1.29 is 4.79 Å². The normalized spacial score (nSPS) is 16.7. The smallest absolute Gasteiger partial charge is 0.251 e. The highest BCUT2D eigenvalue weighted by molar-refractivity contribution is 7.16. The number of thiazole rings is 1. The van der Waals surface area contributed by atoms with E-state index in [-0.39, 0.29) is 11.8 Å². The molecule has 4 heteroatoms. The summed E-state index contributed by atoms with van der Waals surface area (Å²) in [6.07, 6.45) is 2.02. The molecule has 0 spiro atoms. The molecular formula is C13H14N2OS. The van der Waals surface area contributed by atoms with Crippen molar-refractivity contribution in [1.29, 1.82) is 0 Å². The van der Waals surface area contributed by atoms with Gasteiger partial charge in [-0.25, -0.2) is 0 Å². The highest BCUT2D eigenvalue weighted by Crippen LogP contribution is 2.30. The summed E-state index contributed by atoms with van der Waals surface area (Å²) in [5.74, 6) is 0.242. The van der Waals surface area contributed by atoms with Gasteiger partial charge in [-0.3, -0.25) is 4.79 Å². The molecule has 0 bridgehead atoms. The molecule has 1 heterocycles. The van der Waals surface area contributed by atoms with Crippen molar-refractivity contribution in [3.8, 4) is 0 Å². The van der Waals surface area contributed by atoms with Crippen molar-refractivity contribution in [1.82, 2.24) is 4.57 Å². The minimum Gasteiger partial charge on any atom is -0.319 e. The lowest BCUT2D eigenvalue weighted by molar-refractivity contribution is -0.119. The van der Waals surface area contributed by atoms with Crippen LogP contribution in [0.1, 0.15) is 18.4 Å². The third-order valence-corrected chi connectivity index (χ3v) is 4.19. The maximum Gasteiger partial charge on any atom is 0.251 e. The topological polar surface area (TPSA) is 34.4 Å². The van der Waals surface area contributed by atoms with Gasteiger partial charge in [0.1, 0.15) is 0 Å². The van der Waals surface area contributed by atoms with E-state index in [9.17, 15) is 4.79 Å². The van der Waals surface area contributed by atoms with E-state index in [1.54, 1.807) is 11.3 Å². The van der Waals surface area contributed by atoms with Crippen LogP contribution in [-0.2, 0) is 11.8 Å². The first-order chi connectivity index (χ1) is 8.15. The van der Waals surface area contributed by atoms with Crippen LogP contribution in [0.4, 0.5) is 0 Å². The molecule has 1 saturated carbocycles. The molecule has 3 nitrogen and oxygen atoms in total. The van der Waals surface area contributed by atoms with Gasteiger partial charge in [-0.2, -0.15) is 4.99 Å². The molecule has 0 atom stereocenters. The Morgan fingerprint density at radius 3 is 2.94 bits per heavy atom. The Balaban J connectivity index is 2.16. The molecule has 0 saturated heterocycles. The molecule has 1 aliphatic carbocycles. The van der Waals surface area contributed by atoms with Gasteiger partial charge in [-0.15, -0.1) is 0 Å². The number of aromatic nitrogens is 1. The maximum atomic E-state index is 11.7. The number of aryl methyl sites for hydroxylation is 2. The van der Waals surface area contributed by atoms with Crippen molar-refractivity contribution in [3.63, 3.8) is 0 Å². The number of hydrogen-bond donors (Lipinski definition) is 0. The third kappa shape index (κ3) is 1.93. The van der Waals surface area contributed by atoms with E-state index in [0.717, 1.165) is 23.2 Å². The Labute approximate surface area is 103 Å². The fourth-order valence-corrected chi connectivity index (χ4v) is 2.99. The van der Waals surface area contributed by atoms with E-state index in [0.29, 0.717) is 0 Å². The van der Waals surface area contributed by atoms with Crippen LogP contribution in [0.3, 0.4) is 0 Å². The summed E-state index contributed by atoms with van der Waals surface area (Å²) in [4.78, 5) is 16.7. The fourth-order valence-electron chi connectivity index (χ4n) is 1.86. The van der Waals surface area contributed by atoms with Crippen LogP contribution in [0, 0.1) is 12.8 Å². The first-order valence-electron chi connectivity index (χ1n) is 5.80. The molecule has 1 aliphatic rings. The zero-order valence-electron chi connectivity index (χ0n) is 9.93. The Morgan fingerprint density at radius 1 is 1.47 bits per heavy atom. The van der Waals surface area contributed by atoms with E-state index in [1.165, 1.54) is 10.3 Å². The minimum atomic E-state index is 0.0453. The van der Waals surface area contributed by atoms with Crippen LogP contribution >= 0.6 is 11.3 Å². The standard InChI is InChI=1S/C13H14N2OS/c1-8-3-6-10-11(7-8)17-13(15(10)2)14-12(16)9-4-5-9/h3,6-7,9H,4-5H2,1-2H3. The SMILES string of the molecule is Cc1ccc2c(c1)sc(=NC(=O)C1CC1)n2C. The molecule has 88 valence electrons. The molecule has 2 aromatic rings. The van der Waals surface area contributed by atoms with Gasteiger partial charge in [0.15, 0.2) is 4.80 Å². The minimum absolute atomic E-state index is 0.0453. The maximum absolute atomic E-state index is 11.7. The van der Waals surface area contributed by atoms with Gasteiger partial charge >= 0.3 is 0 Å². The van der Waals surface area contributed by atoms with E-state index in [1.807, 2.05) is 11.6 Å². The molecule has 0 N–H and O–H groups in total. The largest absolute Gasteiger partial charge is 0.319 e. The highest BCUT2D eigenvalue weighted by Gasteiger charge is 2.29. The lowest BCUT2D eigenvalue weighted by atomic mass is 10.2. The van der Waals surface area contributed by atoms with E-state index in [4.69, 9.17) is 0 Å². The summed E-state index contributed by atoms with van der Waals surface area (Å²) in [5.41, 5.74) is 2.38. The van der Waals surface area contributed by atoms with Gasteiger partial charge in [0.2, 0.25) is 0 Å². The highest BCUT2D eigenvalue weighted by atomic mass is 32.1. The first kappa shape index (κ1) is 10.7. The number of fused-ring (bicyclic) bond motifs is 1. The summed E-state index contributed by atoms with van der Waals surface area (Å²) >= 11 is 1.59. The van der Waals surface area contributed by atoms with Crippen LogP contribution in [0.25, 0.3) is 10.2 Å². The van der Waals surface area contributed by atoms with Crippen LogP contribution in [0.15, 0.2) is 23.2 Å². The Hall–Kier alpha value is -1.42. The number of benzene rings is 1. The Bertz CT molecular complexity index is 662. The molecule has 0 radical (unpaired) electrons. The molecule has 17 heavy (non-hydrogen) atoms. The predicted molar refractivity (Wildman–Crippen MR) is 68.8 cm³/mol. The average molecular weight is 246 g/mol. The van der Waals surface area contributed by atoms with Gasteiger partial charge < -0.3 is 4.57 Å². The van der Waals surface area contributed by atoms with Crippen LogP contribution in [0.5, 0.6) is 0 Å². The second-order valence-corrected chi connectivity index (χ2v) is 5.65. The second kappa shape index (κ2) is 3.81. The van der Waals surface area contributed by atoms with E-state index >= 15 is 0 Å². The van der Waals surface area contributed by atoms with E-state index in [2.05, 4.69) is 30.1 Å². The Morgan fingerprint density at radius 2 is 2.24 bits per heavy atom. The number of hydrogen-bond acceptors (Lipinski definition) is 2. The first-order valence-corrected chi connectivity index (χ1v) is 6.61. The number of amides is 1. The fraction of sp³-hybridized carbons (Fsp3) is 0.385. The predicted octanol–water partition coefficient (Wildman–Crippen LogP) is 2.39. The quantitative estimate of drug-likeness (QED) is 0.760. The molecule has 1 aromatic carbocycles. The van der Waals surface area contributed by atoms with Crippen LogP contribution in [-0.4, -0.2) is 10.5 Å². The van der Waals surface area contributed by atoms with Crippen molar-refractivity contribution in [2.24, 2.45) is 18.0 Å². The lowest BCUT2D eigenvalue weighted by Gasteiger charge is -1.95. The number of carbonyl (C=O) groups is 1. The molecule has 0 aliphatic heterocycles. The van der Waals surface area contributed by atoms with Crippen LogP contribution in [0.2, 0.25) is 0 Å². The number of nitrogens with zero attached hydrogens (tertiary/aromatic N) is 2. The van der Waals surface area contributed by atoms with Gasteiger partial charge in [0.25, 0.3) is 5.91 Å². The molecule has 1 aromatic heterocycles. The zero-order valence-corrected chi connectivity index (χ0v) is 10.8. The van der Waals surface area contributed by atoms with Gasteiger partial charge in [0, 0.05) is 13.0 Å².